The Labute approximate surface area is 753 Å². The molecule has 130 heavy (non-hydrogen) atoms. The minimum absolute atomic E-state index is 0.00252. The third-order valence-corrected chi connectivity index (χ3v) is 23.0. The Morgan fingerprint density at radius 2 is 1.15 bits per heavy atom. The quantitative estimate of drug-likeness (QED) is 0.00609. The number of carbonyl (C=O) groups excluding carboxylic acids is 14. The van der Waals surface area contributed by atoms with Crippen molar-refractivity contribution in [2.45, 2.75) is 248 Å². The van der Waals surface area contributed by atoms with Gasteiger partial charge in [-0.2, -0.15) is 11.8 Å². The number of fused-ring (bicyclic) bond motifs is 2. The highest BCUT2D eigenvalue weighted by Crippen LogP contribution is 2.34. The molecule has 25 N–H and O–H groups in total. The number of carboxylic acids is 1. The molecule has 4 heterocycles. The van der Waals surface area contributed by atoms with Crippen LogP contribution in [-0.2, 0) is 73.5 Å². The van der Waals surface area contributed by atoms with Gasteiger partial charge >= 0.3 is 17.6 Å². The van der Waals surface area contributed by atoms with Crippen molar-refractivity contribution in [2.24, 2.45) is 29.0 Å². The number of urea groups is 1. The summed E-state index contributed by atoms with van der Waals surface area (Å²) in [4.78, 5) is 241. The minimum Gasteiger partial charge on any atom is -0.497 e. The van der Waals surface area contributed by atoms with E-state index in [1.54, 1.807) is 39.8 Å². The van der Waals surface area contributed by atoms with Crippen LogP contribution in [0.5, 0.6) is 5.75 Å². The van der Waals surface area contributed by atoms with Crippen LogP contribution in [-0.4, -0.2) is 251 Å². The Balaban J connectivity index is 1.11. The number of hydrogen-bond donors (Lipinski definition) is 22. The number of nitrogens with two attached hydrogens (primary N) is 3. The van der Waals surface area contributed by atoms with Gasteiger partial charge in [-0.15, -0.1) is 0 Å². The number of methoxy groups -OCH3 is 1. The van der Waals surface area contributed by atoms with Crippen molar-refractivity contribution in [3.63, 3.8) is 0 Å². The number of amides is 15. The maximum atomic E-state index is 14.9. The van der Waals surface area contributed by atoms with Crippen LogP contribution in [0.15, 0.2) is 51.7 Å². The molecule has 0 radical (unpaired) electrons. The van der Waals surface area contributed by atoms with Gasteiger partial charge in [-0.3, -0.25) is 98.2 Å². The molecular formula is C82H124N24O23S. The van der Waals surface area contributed by atoms with Gasteiger partial charge in [-0.05, 0) is 145 Å². The molecule has 0 saturated carbocycles. The summed E-state index contributed by atoms with van der Waals surface area (Å²) in [6, 6.07) is -4.98. The lowest BCUT2D eigenvalue weighted by atomic mass is 10.0. The molecule has 3 fully saturated rings. The van der Waals surface area contributed by atoms with E-state index in [0.29, 0.717) is 73.9 Å². The predicted molar refractivity (Wildman–Crippen MR) is 475 cm³/mol. The van der Waals surface area contributed by atoms with E-state index in [2.05, 4.69) is 85.1 Å². The molecule has 3 aliphatic rings. The molecule has 48 heteroatoms. The number of nitro groups is 2. The smallest absolute Gasteiger partial charge is 0.336 e. The van der Waals surface area contributed by atoms with Crippen LogP contribution >= 0.6 is 11.8 Å². The zero-order valence-electron chi connectivity index (χ0n) is 73.7. The van der Waals surface area contributed by atoms with Gasteiger partial charge in [0, 0.05) is 93.1 Å². The first-order valence-corrected chi connectivity index (χ1v) is 44.4. The molecule has 716 valence electrons. The van der Waals surface area contributed by atoms with Gasteiger partial charge in [0.15, 0.2) is 11.9 Å². The normalized spacial score (nSPS) is 16.7. The second-order valence-corrected chi connectivity index (χ2v) is 34.1. The van der Waals surface area contributed by atoms with Crippen LogP contribution in [0.1, 0.15) is 175 Å². The first-order chi connectivity index (χ1) is 61.7. The van der Waals surface area contributed by atoms with Crippen LogP contribution < -0.4 is 113 Å². The summed E-state index contributed by atoms with van der Waals surface area (Å²) in [6.45, 7) is 7.19. The fourth-order valence-electron chi connectivity index (χ4n) is 14.8. The number of unbranched alkanes of at least 4 members (excludes halogenated alkanes) is 4. The third-order valence-electron chi connectivity index (χ3n) is 21.5. The summed E-state index contributed by atoms with van der Waals surface area (Å²) >= 11 is 1.83. The number of likely N-dealkylation sites (tertiary alicyclic amines) is 1. The number of thioether (sulfide) groups is 1. The molecule has 2 aromatic carbocycles. The number of nitrogens with zero attached hydrogens (tertiary/aromatic N) is 3. The maximum Gasteiger partial charge on any atom is 0.336 e. The fraction of sp³-hybridized carbons (Fsp3) is 0.610. The van der Waals surface area contributed by atoms with Crippen LogP contribution in [0.4, 0.5) is 21.9 Å². The highest BCUT2D eigenvalue weighted by molar-refractivity contribution is 8.00. The predicted octanol–water partition coefficient (Wildman–Crippen LogP) is -1.06. The molecule has 3 unspecified atom stereocenters. The van der Waals surface area contributed by atoms with Crippen molar-refractivity contribution in [1.82, 2.24) is 84.7 Å². The van der Waals surface area contributed by atoms with Crippen molar-refractivity contribution in [2.75, 3.05) is 64.0 Å². The molecule has 15 amide bonds. The number of anilines is 1. The first kappa shape index (κ1) is 106. The van der Waals surface area contributed by atoms with E-state index in [1.807, 2.05) is 11.8 Å². The number of nitrogens with one attached hydrogen (secondary N) is 18. The molecule has 1 aromatic heterocycles. The van der Waals surface area contributed by atoms with Crippen LogP contribution in [0.2, 0.25) is 0 Å². The minimum atomic E-state index is -1.87. The van der Waals surface area contributed by atoms with Gasteiger partial charge < -0.3 is 121 Å². The Morgan fingerprint density at radius 3 is 1.77 bits per heavy atom. The lowest BCUT2D eigenvalue weighted by Crippen LogP contribution is -2.60. The molecule has 12 atom stereocenters. The second-order valence-electron chi connectivity index (χ2n) is 32.8. The highest BCUT2D eigenvalue weighted by atomic mass is 32.2. The van der Waals surface area contributed by atoms with Gasteiger partial charge in [0.25, 0.3) is 11.4 Å². The Kier molecular flexibility index (Phi) is 43.5. The Morgan fingerprint density at radius 1 is 0.585 bits per heavy atom. The lowest BCUT2D eigenvalue weighted by molar-refractivity contribution is -0.393. The standard InChI is InChI=1S/C82H124N24O23S/c1-44(2)35-56(100-78(121)60-20-16-34-104(60)79(122)55(95-66(109)37-47-38-69(113)129-62-40-49(128-6)25-26-50(47)62)17-11-13-31-89-64(107)22-8-7-12-30-88-65(108)23-10-9-21-63-70-59(43-130-63)102-82(123)103-70)73(116)93-42-67(110)96-57(36-45(3)4)76(119)101-58(41-92-51-27-24-48(105(124)125)39-61(51)106(126)127)77(120)94-46(5)72(115)98-53(19-15-33-91-81(86)87)74(117)99-54(28-29-68(111)112)75(118)97-52(71(83)114)18-14-32-90-80(84)85/h24-27,38-40,44-46,52-60,63,70,92H,7-23,28-37,41-43H2,1-6H3,(H2,83,114)(H,88,108)(H,89,107)(H,93,116)(H,94,120)(H,95,109)(H,96,110)(H,97,118)(H,98,115)(H,99,117)(H,100,121)(H,101,119)(H,111,112)(H4,84,85,90)(H4,86,87,91)(H2,102,103,123)/t46-,52+,53+,54-,55-,56-,57-,58?,59?,60+,63-,70?/m0/s1. The van der Waals surface area contributed by atoms with Gasteiger partial charge in [-0.25, -0.2) is 9.59 Å². The van der Waals surface area contributed by atoms with Crippen LogP contribution in [0.3, 0.4) is 0 Å². The molecule has 3 aliphatic heterocycles. The van der Waals surface area contributed by atoms with Gasteiger partial charge in [0.05, 0.1) is 48.1 Å². The van der Waals surface area contributed by atoms with E-state index in [4.69, 9.17) is 37.2 Å². The average Bonchev–Trinajstić information content (AvgIpc) is 1.12. The number of ether oxygens (including phenoxy) is 1. The van der Waals surface area contributed by atoms with Crippen molar-refractivity contribution < 1.29 is 96.0 Å². The van der Waals surface area contributed by atoms with Crippen molar-refractivity contribution in [1.29, 1.82) is 10.8 Å². The number of aliphatic carboxylic acids is 1. The van der Waals surface area contributed by atoms with E-state index >= 15 is 0 Å². The summed E-state index contributed by atoms with van der Waals surface area (Å²) in [5.74, 6) is -12.3. The molecular weight excluding hydrogens is 1720 g/mol. The maximum absolute atomic E-state index is 14.9. The number of non-ortho nitro benzene ring substituents is 1. The van der Waals surface area contributed by atoms with E-state index < -0.39 is 196 Å². The first-order valence-electron chi connectivity index (χ1n) is 43.4. The summed E-state index contributed by atoms with van der Waals surface area (Å²) in [7, 11) is 1.43. The molecule has 3 saturated heterocycles. The van der Waals surface area contributed by atoms with E-state index in [9.17, 15) is 102 Å². The number of rotatable bonds is 58. The number of benzene rings is 2. The van der Waals surface area contributed by atoms with Crippen LogP contribution in [0.25, 0.3) is 11.0 Å². The summed E-state index contributed by atoms with van der Waals surface area (Å²) < 4.78 is 10.7. The summed E-state index contributed by atoms with van der Waals surface area (Å²) in [6.07, 6.45) is 4.21. The number of guanidine groups is 2. The third kappa shape index (κ3) is 36.1. The van der Waals surface area contributed by atoms with Gasteiger partial charge in [0.1, 0.15) is 71.4 Å². The second kappa shape index (κ2) is 53.6. The molecule has 6 rings (SSSR count). The van der Waals surface area contributed by atoms with E-state index in [1.165, 1.54) is 18.1 Å². The molecule has 0 aliphatic carbocycles. The lowest BCUT2D eigenvalue weighted by Gasteiger charge is -2.30. The molecule has 47 nitrogen and oxygen atoms in total. The van der Waals surface area contributed by atoms with Gasteiger partial charge in [-0.1, -0.05) is 40.5 Å². The van der Waals surface area contributed by atoms with Crippen molar-refractivity contribution in [3.05, 3.63) is 78.7 Å². The van der Waals surface area contributed by atoms with Gasteiger partial charge in [0.2, 0.25) is 76.8 Å². The number of primary amides is 1. The zero-order valence-corrected chi connectivity index (χ0v) is 74.6. The number of hydrogen-bond acceptors (Lipinski definition) is 26. The molecule has 3 aromatic rings. The number of nitro benzene ring substituents is 2. The summed E-state index contributed by atoms with van der Waals surface area (Å²) in [5.41, 5.74) is 14.1. The Hall–Kier alpha value is -13.2. The topological polar surface area (TPSA) is 723 Å². The zero-order chi connectivity index (χ0) is 95.8. The monoisotopic (exact) mass is 1840 g/mol. The number of carboxylic acid groups (broad SMARTS) is 1. The van der Waals surface area contributed by atoms with Crippen LogP contribution in [0, 0.1) is 42.9 Å². The summed E-state index contributed by atoms with van der Waals surface area (Å²) in [5, 5.41) is 91.3. The van der Waals surface area contributed by atoms with E-state index in [-0.39, 0.29) is 143 Å². The van der Waals surface area contributed by atoms with Crippen molar-refractivity contribution >= 4 is 141 Å². The van der Waals surface area contributed by atoms with Crippen molar-refractivity contribution in [3.8, 4) is 5.75 Å². The Bertz CT molecular complexity index is 4600. The van der Waals surface area contributed by atoms with E-state index in [0.717, 1.165) is 50.1 Å². The molecule has 0 bridgehead atoms. The largest absolute Gasteiger partial charge is 0.497 e. The fourth-order valence-corrected chi connectivity index (χ4v) is 16.4. The average molecular weight is 1850 g/mol. The number of carbonyl (C=O) groups is 15. The SMILES string of the molecule is COc1ccc2c(CC(=O)N[C@@H](CCCCNC(=O)CCCCCNC(=O)CCCC[C@@H]3SCC4NC(=O)NC43)C(=O)N3CCC[C@@H]3C(=O)N[C@@H](CC(C)C)C(=O)NCC(=O)N[C@@H](CC(C)C)C(=O)NC(CNc3ccc([N+](=O)[O-])cc3[N+](=O)[O-])C(=O)N[C@@H](C)C(=O)N[C@H](CCCNC(=N)N)C(=O)N[C@@H](CCC(=O)O)C(=O)N[C@H](CCCNC(=N)N)C(N)=O)cc(=O)oc2c1. The highest BCUT2D eigenvalue weighted by Gasteiger charge is 2.44. The molecule has 0 spiro atoms.